The average Bonchev–Trinajstić information content (AvgIpc) is 2.87. The normalized spacial score (nSPS) is 12.0. The van der Waals surface area contributed by atoms with E-state index >= 15 is 0 Å². The molecule has 0 aliphatic carbocycles. The maximum atomic E-state index is 12.4. The number of aliphatic hydroxyl groups is 1. The molecule has 0 saturated heterocycles. The Bertz CT molecular complexity index is 557. The van der Waals surface area contributed by atoms with E-state index in [9.17, 15) is 13.2 Å². The molecule has 0 fully saturated rings. The third kappa shape index (κ3) is 4.83. The van der Waals surface area contributed by atoms with Crippen LogP contribution >= 0.6 is 0 Å². The molecule has 2 rings (SSSR count). The Balaban J connectivity index is 2.06. The fourth-order valence-corrected chi connectivity index (χ4v) is 1.83. The summed E-state index contributed by atoms with van der Waals surface area (Å²) >= 11 is 0. The predicted octanol–water partition coefficient (Wildman–Crippen LogP) is 2.09. The smallest absolute Gasteiger partial charge is 0.395 e. The van der Waals surface area contributed by atoms with Crippen LogP contribution < -0.4 is 0 Å². The van der Waals surface area contributed by atoms with Gasteiger partial charge in [-0.2, -0.15) is 18.2 Å². The lowest BCUT2D eigenvalue weighted by molar-refractivity contribution is -0.148. The summed E-state index contributed by atoms with van der Waals surface area (Å²) in [6, 6.07) is 8.94. The van der Waals surface area contributed by atoms with Crippen molar-refractivity contribution < 1.29 is 22.8 Å². The van der Waals surface area contributed by atoms with Gasteiger partial charge in [-0.1, -0.05) is 23.4 Å². The molecule has 0 aliphatic heterocycles. The highest BCUT2D eigenvalue weighted by Gasteiger charge is 2.31. The quantitative estimate of drug-likeness (QED) is 0.885. The number of aliphatic hydroxyl groups excluding tert-OH is 1. The molecule has 0 bridgehead atoms. The minimum absolute atomic E-state index is 0.116. The van der Waals surface area contributed by atoms with Crippen LogP contribution in [0.4, 0.5) is 13.2 Å². The Kier molecular flexibility index (Phi) is 4.92. The van der Waals surface area contributed by atoms with Gasteiger partial charge in [-0.05, 0) is 12.1 Å². The first-order valence-corrected chi connectivity index (χ1v) is 6.26. The summed E-state index contributed by atoms with van der Waals surface area (Å²) in [5, 5.41) is 12.5. The van der Waals surface area contributed by atoms with Crippen LogP contribution in [0.25, 0.3) is 11.5 Å². The molecule has 1 aromatic heterocycles. The predicted molar refractivity (Wildman–Crippen MR) is 68.2 cm³/mol. The molecule has 1 N–H and O–H groups in total. The topological polar surface area (TPSA) is 62.4 Å². The van der Waals surface area contributed by atoms with Gasteiger partial charge in [-0.15, -0.1) is 0 Å². The number of nitrogens with zero attached hydrogens (tertiary/aromatic N) is 3. The molecule has 0 unspecified atom stereocenters. The lowest BCUT2D eigenvalue weighted by atomic mass is 10.2. The van der Waals surface area contributed by atoms with E-state index in [0.29, 0.717) is 5.56 Å². The van der Waals surface area contributed by atoms with Crippen molar-refractivity contribution in [2.24, 2.45) is 0 Å². The number of alkyl halides is 3. The van der Waals surface area contributed by atoms with E-state index in [-0.39, 0.29) is 31.4 Å². The third-order valence-electron chi connectivity index (χ3n) is 2.67. The van der Waals surface area contributed by atoms with Crippen LogP contribution in [0.15, 0.2) is 34.9 Å². The molecule has 114 valence electrons. The van der Waals surface area contributed by atoms with Gasteiger partial charge in [-0.3, -0.25) is 4.90 Å². The molecule has 0 aliphatic rings. The van der Waals surface area contributed by atoms with Crippen molar-refractivity contribution in [3.05, 3.63) is 36.2 Å². The van der Waals surface area contributed by atoms with Gasteiger partial charge in [0.1, 0.15) is 0 Å². The summed E-state index contributed by atoms with van der Waals surface area (Å²) in [5.74, 6) is 0.396. The Morgan fingerprint density at radius 2 is 1.90 bits per heavy atom. The fraction of sp³-hybridized carbons (Fsp3) is 0.385. The van der Waals surface area contributed by atoms with Crippen molar-refractivity contribution >= 4 is 0 Å². The van der Waals surface area contributed by atoms with E-state index in [1.165, 1.54) is 0 Å². The van der Waals surface area contributed by atoms with Gasteiger partial charge < -0.3 is 9.63 Å². The van der Waals surface area contributed by atoms with Gasteiger partial charge in [0.05, 0.1) is 19.7 Å². The highest BCUT2D eigenvalue weighted by Crippen LogP contribution is 2.19. The van der Waals surface area contributed by atoms with Crippen LogP contribution in [-0.4, -0.2) is 46.0 Å². The molecule has 0 spiro atoms. The van der Waals surface area contributed by atoms with Crippen molar-refractivity contribution in [2.75, 3.05) is 19.7 Å². The maximum Gasteiger partial charge on any atom is 0.401 e. The number of hydrogen-bond donors (Lipinski definition) is 1. The van der Waals surface area contributed by atoms with Crippen molar-refractivity contribution in [1.82, 2.24) is 15.0 Å². The summed E-state index contributed by atoms with van der Waals surface area (Å²) < 4.78 is 42.3. The first kappa shape index (κ1) is 15.5. The number of rotatable bonds is 6. The van der Waals surface area contributed by atoms with E-state index in [4.69, 9.17) is 9.63 Å². The van der Waals surface area contributed by atoms with E-state index in [1.54, 1.807) is 24.3 Å². The standard InChI is InChI=1S/C13H14F3N3O2/c14-13(15,16)9-19(6-7-20)8-11-17-12(21-18-11)10-4-2-1-3-5-10/h1-5,20H,6-9H2. The second-order valence-corrected chi connectivity index (χ2v) is 4.43. The zero-order valence-corrected chi connectivity index (χ0v) is 11.0. The summed E-state index contributed by atoms with van der Waals surface area (Å²) in [6.45, 7) is -1.77. The molecule has 0 atom stereocenters. The van der Waals surface area contributed by atoms with Crippen LogP contribution in [0.1, 0.15) is 5.82 Å². The average molecular weight is 301 g/mol. The highest BCUT2D eigenvalue weighted by atomic mass is 19.4. The summed E-state index contributed by atoms with van der Waals surface area (Å²) in [4.78, 5) is 5.08. The molecule has 0 saturated carbocycles. The molecule has 2 aromatic rings. The zero-order chi connectivity index (χ0) is 15.3. The fourth-order valence-electron chi connectivity index (χ4n) is 1.83. The van der Waals surface area contributed by atoms with Crippen molar-refractivity contribution in [2.45, 2.75) is 12.7 Å². The Hall–Kier alpha value is -1.93. The van der Waals surface area contributed by atoms with Gasteiger partial charge in [0.2, 0.25) is 0 Å². The van der Waals surface area contributed by atoms with Gasteiger partial charge in [0.25, 0.3) is 5.89 Å². The molecule has 0 amide bonds. The number of hydrogen-bond acceptors (Lipinski definition) is 5. The molecular formula is C13H14F3N3O2. The Morgan fingerprint density at radius 1 is 1.19 bits per heavy atom. The van der Waals surface area contributed by atoms with Gasteiger partial charge in [0.15, 0.2) is 5.82 Å². The second kappa shape index (κ2) is 6.68. The lowest BCUT2D eigenvalue weighted by Crippen LogP contribution is -2.36. The third-order valence-corrected chi connectivity index (χ3v) is 2.67. The van der Waals surface area contributed by atoms with E-state index in [0.717, 1.165) is 4.90 Å². The van der Waals surface area contributed by atoms with Crippen molar-refractivity contribution in [3.63, 3.8) is 0 Å². The monoisotopic (exact) mass is 301 g/mol. The van der Waals surface area contributed by atoms with Gasteiger partial charge in [-0.25, -0.2) is 0 Å². The summed E-state index contributed by atoms with van der Waals surface area (Å²) in [7, 11) is 0. The second-order valence-electron chi connectivity index (χ2n) is 4.43. The van der Waals surface area contributed by atoms with E-state index < -0.39 is 12.7 Å². The van der Waals surface area contributed by atoms with Crippen LogP contribution in [0.5, 0.6) is 0 Å². The van der Waals surface area contributed by atoms with E-state index in [2.05, 4.69) is 10.1 Å². The molecule has 1 heterocycles. The first-order chi connectivity index (χ1) is 9.98. The molecule has 21 heavy (non-hydrogen) atoms. The van der Waals surface area contributed by atoms with Crippen LogP contribution in [0.2, 0.25) is 0 Å². The van der Waals surface area contributed by atoms with Crippen molar-refractivity contribution in [3.8, 4) is 11.5 Å². The van der Waals surface area contributed by atoms with Crippen molar-refractivity contribution in [1.29, 1.82) is 0 Å². The SMILES string of the molecule is OCCN(Cc1noc(-c2ccccc2)n1)CC(F)(F)F. The Labute approximate surface area is 119 Å². The molecular weight excluding hydrogens is 287 g/mol. The zero-order valence-electron chi connectivity index (χ0n) is 11.0. The Morgan fingerprint density at radius 3 is 2.52 bits per heavy atom. The van der Waals surface area contributed by atoms with Gasteiger partial charge in [0, 0.05) is 12.1 Å². The molecule has 8 heteroatoms. The minimum Gasteiger partial charge on any atom is -0.395 e. The summed E-state index contributed by atoms with van der Waals surface area (Å²) in [6.07, 6.45) is -4.35. The largest absolute Gasteiger partial charge is 0.401 e. The first-order valence-electron chi connectivity index (χ1n) is 6.26. The lowest BCUT2D eigenvalue weighted by Gasteiger charge is -2.20. The molecule has 1 aromatic carbocycles. The molecule has 0 radical (unpaired) electrons. The van der Waals surface area contributed by atoms with Crippen LogP contribution in [-0.2, 0) is 6.54 Å². The number of benzene rings is 1. The highest BCUT2D eigenvalue weighted by molar-refractivity contribution is 5.51. The maximum absolute atomic E-state index is 12.4. The van der Waals surface area contributed by atoms with Crippen LogP contribution in [0, 0.1) is 0 Å². The number of aromatic nitrogens is 2. The number of halogens is 3. The molecule has 5 nitrogen and oxygen atoms in total. The minimum atomic E-state index is -4.35. The van der Waals surface area contributed by atoms with Gasteiger partial charge >= 0.3 is 6.18 Å². The van der Waals surface area contributed by atoms with Crippen LogP contribution in [0.3, 0.4) is 0 Å². The summed E-state index contributed by atoms with van der Waals surface area (Å²) in [5.41, 5.74) is 0.695. The van der Waals surface area contributed by atoms with E-state index in [1.807, 2.05) is 6.07 Å².